The first kappa shape index (κ1) is 13.1. The van der Waals surface area contributed by atoms with Gasteiger partial charge in [0.2, 0.25) is 0 Å². The summed E-state index contributed by atoms with van der Waals surface area (Å²) in [6, 6.07) is 0. The van der Waals surface area contributed by atoms with E-state index in [2.05, 4.69) is 0 Å². The van der Waals surface area contributed by atoms with Crippen molar-refractivity contribution in [3.05, 3.63) is 37.1 Å². The van der Waals surface area contributed by atoms with Crippen LogP contribution < -0.4 is 11.2 Å². The number of nitro groups is 1. The summed E-state index contributed by atoms with van der Waals surface area (Å²) in [7, 11) is 1.33. The summed E-state index contributed by atoms with van der Waals surface area (Å²) >= 11 is 0. The van der Waals surface area contributed by atoms with E-state index in [0.29, 0.717) is 0 Å². The number of rotatable bonds is 4. The summed E-state index contributed by atoms with van der Waals surface area (Å²) in [4.78, 5) is 33.0. The Balaban J connectivity index is 3.33. The molecule has 17 heavy (non-hydrogen) atoms. The minimum absolute atomic E-state index is 0.0507. The van der Waals surface area contributed by atoms with E-state index in [1.807, 2.05) is 0 Å². The molecule has 1 N–H and O–H groups in total. The minimum atomic E-state index is -0.946. The Labute approximate surface area is 95.9 Å². The third-order valence-electron chi connectivity index (χ3n) is 2.28. The van der Waals surface area contributed by atoms with Gasteiger partial charge in [0.1, 0.15) is 0 Å². The number of aliphatic hydroxyl groups excluding tert-OH is 1. The lowest BCUT2D eigenvalue weighted by Gasteiger charge is -2.07. The monoisotopic (exact) mass is 243 g/mol. The van der Waals surface area contributed by atoms with Gasteiger partial charge in [-0.1, -0.05) is 0 Å². The second kappa shape index (κ2) is 4.91. The fourth-order valence-corrected chi connectivity index (χ4v) is 1.35. The topological polar surface area (TPSA) is 107 Å². The Kier molecular flexibility index (Phi) is 3.79. The van der Waals surface area contributed by atoms with Crippen LogP contribution in [0.15, 0.2) is 15.8 Å². The molecule has 0 aliphatic rings. The highest BCUT2D eigenvalue weighted by atomic mass is 16.6. The molecule has 0 spiro atoms. The van der Waals surface area contributed by atoms with E-state index < -0.39 is 28.0 Å². The Morgan fingerprint density at radius 1 is 1.53 bits per heavy atom. The minimum Gasteiger partial charge on any atom is -0.393 e. The van der Waals surface area contributed by atoms with E-state index >= 15 is 0 Å². The number of nitrogens with zero attached hydrogens (tertiary/aromatic N) is 3. The second-order valence-corrected chi connectivity index (χ2v) is 3.76. The highest BCUT2D eigenvalue weighted by Crippen LogP contribution is 2.00. The zero-order valence-electron chi connectivity index (χ0n) is 9.49. The number of hydrogen-bond acceptors (Lipinski definition) is 5. The van der Waals surface area contributed by atoms with Gasteiger partial charge in [-0.05, 0) is 13.3 Å². The molecule has 0 saturated carbocycles. The highest BCUT2D eigenvalue weighted by molar-refractivity contribution is 5.21. The summed E-state index contributed by atoms with van der Waals surface area (Å²) in [5.41, 5.74) is -2.24. The van der Waals surface area contributed by atoms with Gasteiger partial charge in [-0.25, -0.2) is 4.79 Å². The maximum atomic E-state index is 11.6. The molecule has 0 bridgehead atoms. The van der Waals surface area contributed by atoms with Crippen LogP contribution in [-0.4, -0.2) is 25.3 Å². The number of hydrogen-bond donors (Lipinski definition) is 1. The molecule has 0 saturated heterocycles. The number of aryl methyl sites for hydroxylation is 1. The van der Waals surface area contributed by atoms with Gasteiger partial charge in [0.25, 0.3) is 0 Å². The molecule has 94 valence electrons. The van der Waals surface area contributed by atoms with Crippen molar-refractivity contribution in [3.63, 3.8) is 0 Å². The second-order valence-electron chi connectivity index (χ2n) is 3.76. The predicted octanol–water partition coefficient (Wildman–Crippen LogP) is -0.774. The predicted molar refractivity (Wildman–Crippen MR) is 58.9 cm³/mol. The SMILES string of the molecule is CC(O)CCn1c(=O)c([N+](=O)[O-])cn(C)c1=O. The third-order valence-corrected chi connectivity index (χ3v) is 2.28. The molecule has 0 fully saturated rings. The lowest BCUT2D eigenvalue weighted by atomic mass is 10.3. The first-order chi connectivity index (χ1) is 7.84. The Morgan fingerprint density at radius 3 is 2.59 bits per heavy atom. The molecule has 8 nitrogen and oxygen atoms in total. The van der Waals surface area contributed by atoms with Crippen LogP contribution >= 0.6 is 0 Å². The molecule has 1 unspecified atom stereocenters. The third kappa shape index (κ3) is 2.78. The molecule has 8 heteroatoms. The van der Waals surface area contributed by atoms with E-state index in [1.54, 1.807) is 0 Å². The lowest BCUT2D eigenvalue weighted by molar-refractivity contribution is -0.387. The van der Waals surface area contributed by atoms with Crippen LogP contribution in [0.5, 0.6) is 0 Å². The summed E-state index contributed by atoms with van der Waals surface area (Å²) in [5.74, 6) is 0. The maximum absolute atomic E-state index is 11.6. The van der Waals surface area contributed by atoms with Gasteiger partial charge in [-0.3, -0.25) is 24.0 Å². The van der Waals surface area contributed by atoms with Gasteiger partial charge < -0.3 is 5.11 Å². The van der Waals surface area contributed by atoms with Crippen molar-refractivity contribution in [2.45, 2.75) is 26.0 Å². The van der Waals surface area contributed by atoms with E-state index in [0.717, 1.165) is 15.3 Å². The zero-order chi connectivity index (χ0) is 13.2. The van der Waals surface area contributed by atoms with Gasteiger partial charge in [0.05, 0.1) is 17.2 Å². The van der Waals surface area contributed by atoms with Gasteiger partial charge in [0.15, 0.2) is 0 Å². The van der Waals surface area contributed by atoms with Gasteiger partial charge in [0, 0.05) is 13.6 Å². The largest absolute Gasteiger partial charge is 0.393 e. The molecule has 1 aromatic rings. The number of aliphatic hydroxyl groups is 1. The molecule has 0 aliphatic heterocycles. The average Bonchev–Trinajstić information content (AvgIpc) is 2.22. The van der Waals surface area contributed by atoms with E-state index in [1.165, 1.54) is 14.0 Å². The summed E-state index contributed by atoms with van der Waals surface area (Å²) in [6.45, 7) is 1.46. The van der Waals surface area contributed by atoms with Crippen molar-refractivity contribution in [1.82, 2.24) is 9.13 Å². The van der Waals surface area contributed by atoms with Crippen LogP contribution in [-0.2, 0) is 13.6 Å². The van der Waals surface area contributed by atoms with E-state index in [9.17, 15) is 19.7 Å². The van der Waals surface area contributed by atoms with Crippen molar-refractivity contribution < 1.29 is 10.0 Å². The van der Waals surface area contributed by atoms with E-state index in [-0.39, 0.29) is 13.0 Å². The Hall–Kier alpha value is -1.96. The molecule has 1 atom stereocenters. The van der Waals surface area contributed by atoms with Crippen molar-refractivity contribution in [3.8, 4) is 0 Å². The normalized spacial score (nSPS) is 12.4. The maximum Gasteiger partial charge on any atom is 0.350 e. The van der Waals surface area contributed by atoms with Gasteiger partial charge in [-0.15, -0.1) is 0 Å². The highest BCUT2D eigenvalue weighted by Gasteiger charge is 2.18. The molecular weight excluding hydrogens is 230 g/mol. The van der Waals surface area contributed by atoms with Crippen LogP contribution in [0.1, 0.15) is 13.3 Å². The lowest BCUT2D eigenvalue weighted by Crippen LogP contribution is -2.40. The fourth-order valence-electron chi connectivity index (χ4n) is 1.35. The van der Waals surface area contributed by atoms with Crippen molar-refractivity contribution in [2.24, 2.45) is 7.05 Å². The molecule has 0 aromatic carbocycles. The van der Waals surface area contributed by atoms with Crippen LogP contribution in [0.3, 0.4) is 0 Å². The van der Waals surface area contributed by atoms with Gasteiger partial charge >= 0.3 is 16.9 Å². The molecule has 0 aliphatic carbocycles. The Morgan fingerprint density at radius 2 is 2.12 bits per heavy atom. The zero-order valence-corrected chi connectivity index (χ0v) is 9.49. The van der Waals surface area contributed by atoms with Gasteiger partial charge in [-0.2, -0.15) is 0 Å². The smallest absolute Gasteiger partial charge is 0.350 e. The first-order valence-corrected chi connectivity index (χ1v) is 4.97. The number of aromatic nitrogens is 2. The van der Waals surface area contributed by atoms with Crippen LogP contribution in [0, 0.1) is 10.1 Å². The molecule has 0 amide bonds. The molecule has 1 heterocycles. The Bertz CT molecular complexity index is 543. The van der Waals surface area contributed by atoms with Crippen molar-refractivity contribution >= 4 is 5.69 Å². The molecular formula is C9H13N3O5. The molecule has 1 rings (SSSR count). The fraction of sp³-hybridized carbons (Fsp3) is 0.556. The molecule has 1 aromatic heterocycles. The van der Waals surface area contributed by atoms with Crippen LogP contribution in [0.4, 0.5) is 5.69 Å². The van der Waals surface area contributed by atoms with Crippen LogP contribution in [0.2, 0.25) is 0 Å². The molecule has 0 radical (unpaired) electrons. The van der Waals surface area contributed by atoms with Crippen LogP contribution in [0.25, 0.3) is 0 Å². The average molecular weight is 243 g/mol. The standard InChI is InChI=1S/C9H13N3O5/c1-6(13)3-4-11-8(14)7(12(16)17)5-10(2)9(11)15/h5-6,13H,3-4H2,1-2H3. The van der Waals surface area contributed by atoms with Crippen molar-refractivity contribution in [1.29, 1.82) is 0 Å². The first-order valence-electron chi connectivity index (χ1n) is 4.97. The quantitative estimate of drug-likeness (QED) is 0.551. The van der Waals surface area contributed by atoms with Crippen molar-refractivity contribution in [2.75, 3.05) is 0 Å². The summed E-state index contributed by atoms with van der Waals surface area (Å²) < 4.78 is 1.73. The summed E-state index contributed by atoms with van der Waals surface area (Å²) in [5, 5.41) is 19.7. The van der Waals surface area contributed by atoms with E-state index in [4.69, 9.17) is 5.11 Å². The summed E-state index contributed by atoms with van der Waals surface area (Å²) in [6.07, 6.45) is 0.380.